The summed E-state index contributed by atoms with van der Waals surface area (Å²) in [7, 11) is 0. The van der Waals surface area contributed by atoms with E-state index in [1.54, 1.807) is 0 Å². The molecule has 0 aliphatic carbocycles. The number of morpholine rings is 1. The average Bonchev–Trinajstić information content (AvgIpc) is 3.01. The number of aryl methyl sites for hydroxylation is 1. The first-order valence-corrected chi connectivity index (χ1v) is 8.77. The van der Waals surface area contributed by atoms with E-state index in [0.717, 1.165) is 32.0 Å². The van der Waals surface area contributed by atoms with E-state index < -0.39 is 0 Å². The van der Waals surface area contributed by atoms with Crippen LogP contribution >= 0.6 is 0 Å². The van der Waals surface area contributed by atoms with Gasteiger partial charge in [0.1, 0.15) is 12.2 Å². The summed E-state index contributed by atoms with van der Waals surface area (Å²) in [5.74, 6) is 1.03. The van der Waals surface area contributed by atoms with Gasteiger partial charge in [0, 0.05) is 19.6 Å². The summed E-state index contributed by atoms with van der Waals surface area (Å²) in [6.45, 7) is 12.4. The fourth-order valence-electron chi connectivity index (χ4n) is 3.15. The molecule has 1 fully saturated rings. The highest BCUT2D eigenvalue weighted by atomic mass is 16.5. The zero-order valence-corrected chi connectivity index (χ0v) is 15.1. The highest BCUT2D eigenvalue weighted by molar-refractivity contribution is 5.18. The van der Waals surface area contributed by atoms with Crippen LogP contribution in [-0.4, -0.2) is 38.9 Å². The van der Waals surface area contributed by atoms with Crippen molar-refractivity contribution >= 4 is 0 Å². The second kappa shape index (κ2) is 7.03. The fourth-order valence-corrected chi connectivity index (χ4v) is 3.15. The minimum absolute atomic E-state index is 0.0992. The SMILES string of the molecule is CCn1cnnc1CN1C[C@@H](c2ccccc2)O[C@@H](C(C)(C)C)C1. The van der Waals surface area contributed by atoms with Gasteiger partial charge in [-0.1, -0.05) is 51.1 Å². The quantitative estimate of drug-likeness (QED) is 0.864. The molecule has 0 N–H and O–H groups in total. The normalized spacial score (nSPS) is 22.7. The van der Waals surface area contributed by atoms with Gasteiger partial charge < -0.3 is 9.30 Å². The van der Waals surface area contributed by atoms with Crippen LogP contribution < -0.4 is 0 Å². The van der Waals surface area contributed by atoms with Gasteiger partial charge in [0.2, 0.25) is 0 Å². The molecule has 3 rings (SSSR count). The van der Waals surface area contributed by atoms with Gasteiger partial charge in [-0.15, -0.1) is 10.2 Å². The molecular weight excluding hydrogens is 300 g/mol. The van der Waals surface area contributed by atoms with E-state index in [1.807, 2.05) is 6.33 Å². The summed E-state index contributed by atoms with van der Waals surface area (Å²) in [4.78, 5) is 2.45. The van der Waals surface area contributed by atoms with E-state index in [-0.39, 0.29) is 17.6 Å². The summed E-state index contributed by atoms with van der Waals surface area (Å²) >= 11 is 0. The van der Waals surface area contributed by atoms with Gasteiger partial charge in [0.25, 0.3) is 0 Å². The zero-order chi connectivity index (χ0) is 17.2. The first kappa shape index (κ1) is 17.1. The number of rotatable bonds is 4. The summed E-state index contributed by atoms with van der Waals surface area (Å²) < 4.78 is 8.57. The van der Waals surface area contributed by atoms with Gasteiger partial charge in [0.05, 0.1) is 18.8 Å². The molecule has 2 aromatic rings. The second-order valence-corrected chi connectivity index (χ2v) is 7.62. The Morgan fingerprint density at radius 3 is 2.58 bits per heavy atom. The predicted octanol–water partition coefficient (Wildman–Crippen LogP) is 3.29. The van der Waals surface area contributed by atoms with Crippen LogP contribution in [0.2, 0.25) is 0 Å². The van der Waals surface area contributed by atoms with E-state index in [1.165, 1.54) is 5.56 Å². The van der Waals surface area contributed by atoms with Crippen LogP contribution in [0.25, 0.3) is 0 Å². The third-order valence-electron chi connectivity index (χ3n) is 4.72. The maximum atomic E-state index is 6.46. The molecule has 0 unspecified atom stereocenters. The van der Waals surface area contributed by atoms with Crippen LogP contribution in [0, 0.1) is 5.41 Å². The highest BCUT2D eigenvalue weighted by Gasteiger charge is 2.36. The lowest BCUT2D eigenvalue weighted by molar-refractivity contribution is -0.131. The van der Waals surface area contributed by atoms with Crippen LogP contribution in [0.3, 0.4) is 0 Å². The Kier molecular flexibility index (Phi) is 5.01. The Labute approximate surface area is 144 Å². The molecule has 5 heteroatoms. The average molecular weight is 328 g/mol. The van der Waals surface area contributed by atoms with Crippen molar-refractivity contribution in [2.75, 3.05) is 13.1 Å². The lowest BCUT2D eigenvalue weighted by Gasteiger charge is -2.43. The fraction of sp³-hybridized carbons (Fsp3) is 0.579. The van der Waals surface area contributed by atoms with Gasteiger partial charge in [-0.3, -0.25) is 4.90 Å². The molecule has 0 radical (unpaired) electrons. The summed E-state index contributed by atoms with van der Waals surface area (Å²) in [6, 6.07) is 10.5. The molecule has 0 bridgehead atoms. The molecule has 0 spiro atoms. The highest BCUT2D eigenvalue weighted by Crippen LogP contribution is 2.33. The number of aromatic nitrogens is 3. The maximum absolute atomic E-state index is 6.46. The molecule has 1 saturated heterocycles. The van der Waals surface area contributed by atoms with E-state index in [4.69, 9.17) is 4.74 Å². The molecule has 5 nitrogen and oxygen atoms in total. The van der Waals surface area contributed by atoms with Gasteiger partial charge in [-0.2, -0.15) is 0 Å². The minimum Gasteiger partial charge on any atom is -0.367 e. The largest absolute Gasteiger partial charge is 0.367 e. The van der Waals surface area contributed by atoms with Crippen molar-refractivity contribution in [3.05, 3.63) is 48.0 Å². The molecule has 0 saturated carbocycles. The number of hydrogen-bond donors (Lipinski definition) is 0. The van der Waals surface area contributed by atoms with Crippen LogP contribution in [-0.2, 0) is 17.8 Å². The first-order chi connectivity index (χ1) is 11.5. The Balaban J connectivity index is 1.80. The minimum atomic E-state index is 0.0992. The molecule has 2 atom stereocenters. The molecule has 1 aliphatic rings. The van der Waals surface area contributed by atoms with E-state index in [9.17, 15) is 0 Å². The van der Waals surface area contributed by atoms with E-state index in [2.05, 4.69) is 77.7 Å². The Morgan fingerprint density at radius 1 is 1.17 bits per heavy atom. The van der Waals surface area contributed by atoms with Gasteiger partial charge in [-0.25, -0.2) is 0 Å². The number of hydrogen-bond acceptors (Lipinski definition) is 4. The third kappa shape index (κ3) is 3.84. The Bertz CT molecular complexity index is 647. The zero-order valence-electron chi connectivity index (χ0n) is 15.1. The van der Waals surface area contributed by atoms with Crippen molar-refractivity contribution < 1.29 is 4.74 Å². The number of benzene rings is 1. The monoisotopic (exact) mass is 328 g/mol. The van der Waals surface area contributed by atoms with Crippen molar-refractivity contribution in [3.8, 4) is 0 Å². The summed E-state index contributed by atoms with van der Waals surface area (Å²) in [6.07, 6.45) is 2.10. The Hall–Kier alpha value is -1.72. The van der Waals surface area contributed by atoms with Crippen LogP contribution in [0.15, 0.2) is 36.7 Å². The van der Waals surface area contributed by atoms with E-state index >= 15 is 0 Å². The summed E-state index contributed by atoms with van der Waals surface area (Å²) in [5.41, 5.74) is 1.35. The Morgan fingerprint density at radius 2 is 1.92 bits per heavy atom. The lowest BCUT2D eigenvalue weighted by Crippen LogP contribution is -2.49. The molecule has 130 valence electrons. The van der Waals surface area contributed by atoms with Crippen molar-refractivity contribution in [3.63, 3.8) is 0 Å². The maximum Gasteiger partial charge on any atom is 0.147 e. The topological polar surface area (TPSA) is 43.2 Å². The third-order valence-corrected chi connectivity index (χ3v) is 4.72. The van der Waals surface area contributed by atoms with E-state index in [0.29, 0.717) is 0 Å². The van der Waals surface area contributed by atoms with Gasteiger partial charge in [-0.05, 0) is 17.9 Å². The lowest BCUT2D eigenvalue weighted by atomic mass is 9.87. The number of nitrogens with zero attached hydrogens (tertiary/aromatic N) is 4. The van der Waals surface area contributed by atoms with Crippen LogP contribution in [0.5, 0.6) is 0 Å². The van der Waals surface area contributed by atoms with Gasteiger partial charge >= 0.3 is 0 Å². The number of ether oxygens (including phenoxy) is 1. The predicted molar refractivity (Wildman–Crippen MR) is 94.5 cm³/mol. The molecule has 1 aliphatic heterocycles. The van der Waals surface area contributed by atoms with Crippen molar-refractivity contribution in [2.45, 2.75) is 53.0 Å². The first-order valence-electron chi connectivity index (χ1n) is 8.77. The molecule has 0 amide bonds. The molecule has 2 heterocycles. The van der Waals surface area contributed by atoms with Crippen LogP contribution in [0.1, 0.15) is 45.2 Å². The van der Waals surface area contributed by atoms with Crippen LogP contribution in [0.4, 0.5) is 0 Å². The van der Waals surface area contributed by atoms with Crippen molar-refractivity contribution in [1.82, 2.24) is 19.7 Å². The standard InChI is InChI=1S/C19H28N4O/c1-5-23-14-20-21-18(23)13-22-11-16(15-9-7-6-8-10-15)24-17(12-22)19(2,3)4/h6-10,14,16-17H,5,11-13H2,1-4H3/t16-,17+/m0/s1. The van der Waals surface area contributed by atoms with Gasteiger partial charge in [0.15, 0.2) is 0 Å². The molecular formula is C19H28N4O. The van der Waals surface area contributed by atoms with Crippen molar-refractivity contribution in [1.29, 1.82) is 0 Å². The molecule has 1 aromatic carbocycles. The smallest absolute Gasteiger partial charge is 0.147 e. The molecule has 1 aromatic heterocycles. The molecule has 24 heavy (non-hydrogen) atoms. The summed E-state index contributed by atoms with van der Waals surface area (Å²) in [5, 5.41) is 8.36. The second-order valence-electron chi connectivity index (χ2n) is 7.62. The van der Waals surface area contributed by atoms with Crippen molar-refractivity contribution in [2.24, 2.45) is 5.41 Å².